The molecule has 0 atom stereocenters. The van der Waals surface area contributed by atoms with E-state index in [1.165, 1.54) is 55.3 Å². The zero-order chi connectivity index (χ0) is 25.1. The van der Waals surface area contributed by atoms with Gasteiger partial charge < -0.3 is 4.57 Å². The standard InChI is InChI=1S/C35H25N3/c1-3-11-25(12-4-1)37-31-18-8-7-15-29(31)34-27(16-9-19-33(34)37)24-20-21-32-30(23-24)28-17-10-22-36-35(28)38(32)26-13-5-2-6-14-26/h1-6,8-14,16-23H,7,15H2. The van der Waals surface area contributed by atoms with Crippen molar-refractivity contribution in [3.63, 3.8) is 0 Å². The fourth-order valence-electron chi connectivity index (χ4n) is 6.24. The lowest BCUT2D eigenvalue weighted by atomic mass is 9.94. The third-order valence-corrected chi connectivity index (χ3v) is 7.84. The Bertz CT molecular complexity index is 2010. The molecule has 0 radical (unpaired) electrons. The van der Waals surface area contributed by atoms with E-state index in [0.717, 1.165) is 24.2 Å². The summed E-state index contributed by atoms with van der Waals surface area (Å²) in [6.45, 7) is 0. The Kier molecular flexibility index (Phi) is 4.65. The fraction of sp³-hybridized carbons (Fsp3) is 0.0571. The van der Waals surface area contributed by atoms with Gasteiger partial charge in [0.15, 0.2) is 0 Å². The molecule has 1 aliphatic rings. The number of para-hydroxylation sites is 2. The van der Waals surface area contributed by atoms with Crippen LogP contribution < -0.4 is 0 Å². The number of rotatable bonds is 3. The van der Waals surface area contributed by atoms with Crippen LogP contribution in [0.5, 0.6) is 0 Å². The second-order valence-corrected chi connectivity index (χ2v) is 9.95. The van der Waals surface area contributed by atoms with Gasteiger partial charge in [0.05, 0.1) is 11.0 Å². The average molecular weight is 488 g/mol. The molecule has 3 nitrogen and oxygen atoms in total. The summed E-state index contributed by atoms with van der Waals surface area (Å²) < 4.78 is 4.70. The summed E-state index contributed by atoms with van der Waals surface area (Å²) in [5.41, 5.74) is 11.0. The third-order valence-electron chi connectivity index (χ3n) is 7.84. The number of hydrogen-bond acceptors (Lipinski definition) is 1. The molecule has 0 saturated carbocycles. The molecule has 4 aromatic carbocycles. The molecule has 3 heterocycles. The highest BCUT2D eigenvalue weighted by Crippen LogP contribution is 2.41. The van der Waals surface area contributed by atoms with Crippen LogP contribution in [-0.4, -0.2) is 14.1 Å². The van der Waals surface area contributed by atoms with Crippen LogP contribution in [0.25, 0.3) is 61.4 Å². The summed E-state index contributed by atoms with van der Waals surface area (Å²) in [5, 5.41) is 3.76. The van der Waals surface area contributed by atoms with Gasteiger partial charge in [-0.15, -0.1) is 0 Å². The van der Waals surface area contributed by atoms with Crippen molar-refractivity contribution in [1.29, 1.82) is 0 Å². The Hall–Kier alpha value is -4.89. The first kappa shape index (κ1) is 21.2. The van der Waals surface area contributed by atoms with Crippen molar-refractivity contribution in [3.05, 3.63) is 133 Å². The van der Waals surface area contributed by atoms with E-state index in [0.29, 0.717) is 0 Å². The van der Waals surface area contributed by atoms with E-state index in [4.69, 9.17) is 4.98 Å². The van der Waals surface area contributed by atoms with Gasteiger partial charge in [-0.2, -0.15) is 0 Å². The summed E-state index contributed by atoms with van der Waals surface area (Å²) in [6.07, 6.45) is 8.62. The van der Waals surface area contributed by atoms with Crippen molar-refractivity contribution in [2.75, 3.05) is 0 Å². The summed E-state index contributed by atoms with van der Waals surface area (Å²) >= 11 is 0. The highest BCUT2D eigenvalue weighted by atomic mass is 15.0. The molecule has 7 aromatic rings. The minimum absolute atomic E-state index is 0.988. The van der Waals surface area contributed by atoms with Crippen LogP contribution in [0.2, 0.25) is 0 Å². The van der Waals surface area contributed by atoms with Crippen LogP contribution in [0.15, 0.2) is 121 Å². The largest absolute Gasteiger partial charge is 0.310 e. The molecule has 0 fully saturated rings. The molecular formula is C35H25N3. The molecule has 0 N–H and O–H groups in total. The second kappa shape index (κ2) is 8.32. The Balaban J connectivity index is 1.42. The van der Waals surface area contributed by atoms with E-state index < -0.39 is 0 Å². The van der Waals surface area contributed by atoms with Crippen molar-refractivity contribution in [2.45, 2.75) is 12.8 Å². The van der Waals surface area contributed by atoms with Gasteiger partial charge in [-0.3, -0.25) is 4.57 Å². The Morgan fingerprint density at radius 3 is 2.24 bits per heavy atom. The molecule has 180 valence electrons. The molecule has 0 spiro atoms. The van der Waals surface area contributed by atoms with Crippen molar-refractivity contribution < 1.29 is 0 Å². The number of nitrogens with zero attached hydrogens (tertiary/aromatic N) is 3. The van der Waals surface area contributed by atoms with E-state index in [1.54, 1.807) is 0 Å². The van der Waals surface area contributed by atoms with Crippen molar-refractivity contribution >= 4 is 38.9 Å². The van der Waals surface area contributed by atoms with Gasteiger partial charge in [0.25, 0.3) is 0 Å². The molecule has 0 aliphatic heterocycles. The third kappa shape index (κ3) is 3.05. The molecule has 0 bridgehead atoms. The number of pyridine rings is 1. The molecule has 0 amide bonds. The lowest BCUT2D eigenvalue weighted by Gasteiger charge is -2.11. The van der Waals surface area contributed by atoms with Crippen molar-refractivity contribution in [2.24, 2.45) is 0 Å². The van der Waals surface area contributed by atoms with E-state index in [1.807, 2.05) is 12.3 Å². The predicted molar refractivity (Wildman–Crippen MR) is 158 cm³/mol. The Morgan fingerprint density at radius 1 is 0.632 bits per heavy atom. The van der Waals surface area contributed by atoms with Gasteiger partial charge in [0.2, 0.25) is 0 Å². The van der Waals surface area contributed by atoms with Gasteiger partial charge >= 0.3 is 0 Å². The topological polar surface area (TPSA) is 22.8 Å². The van der Waals surface area contributed by atoms with Crippen LogP contribution in [0, 0.1) is 0 Å². The molecule has 38 heavy (non-hydrogen) atoms. The first-order valence-corrected chi connectivity index (χ1v) is 13.2. The SMILES string of the molecule is C1=Cc2c(c3c(-c4ccc5c(c4)c4cccnc4n5-c4ccccc4)cccc3n2-c2ccccc2)CC1. The normalized spacial score (nSPS) is 12.9. The lowest BCUT2D eigenvalue weighted by Crippen LogP contribution is -1.99. The maximum Gasteiger partial charge on any atom is 0.145 e. The summed E-state index contributed by atoms with van der Waals surface area (Å²) in [4.78, 5) is 4.79. The summed E-state index contributed by atoms with van der Waals surface area (Å²) in [7, 11) is 0. The van der Waals surface area contributed by atoms with Crippen LogP contribution in [0.1, 0.15) is 17.7 Å². The van der Waals surface area contributed by atoms with E-state index in [-0.39, 0.29) is 0 Å². The van der Waals surface area contributed by atoms with Crippen LogP contribution in [0.3, 0.4) is 0 Å². The van der Waals surface area contributed by atoms with Gasteiger partial charge in [0.1, 0.15) is 5.65 Å². The number of hydrogen-bond donors (Lipinski definition) is 0. The number of benzene rings is 4. The quantitative estimate of drug-likeness (QED) is 0.244. The van der Waals surface area contributed by atoms with Gasteiger partial charge in [-0.1, -0.05) is 60.7 Å². The van der Waals surface area contributed by atoms with Gasteiger partial charge in [0, 0.05) is 39.4 Å². The predicted octanol–water partition coefficient (Wildman–Crippen LogP) is 8.75. The summed E-state index contributed by atoms with van der Waals surface area (Å²) in [6, 6.07) is 39.1. The van der Waals surface area contributed by atoms with Gasteiger partial charge in [-0.05, 0) is 90.2 Å². The maximum absolute atomic E-state index is 4.79. The molecule has 0 unspecified atom stereocenters. The molecule has 8 rings (SSSR count). The molecule has 3 heteroatoms. The minimum Gasteiger partial charge on any atom is -0.310 e. The maximum atomic E-state index is 4.79. The second-order valence-electron chi connectivity index (χ2n) is 9.95. The smallest absolute Gasteiger partial charge is 0.145 e. The lowest BCUT2D eigenvalue weighted by molar-refractivity contribution is 0.968. The zero-order valence-corrected chi connectivity index (χ0v) is 20.9. The number of allylic oxidation sites excluding steroid dienone is 1. The summed E-state index contributed by atoms with van der Waals surface area (Å²) in [5.74, 6) is 0. The molecule has 3 aromatic heterocycles. The van der Waals surface area contributed by atoms with E-state index >= 15 is 0 Å². The van der Waals surface area contributed by atoms with Crippen LogP contribution in [-0.2, 0) is 6.42 Å². The molecular weight excluding hydrogens is 462 g/mol. The average Bonchev–Trinajstić information content (AvgIpc) is 3.51. The van der Waals surface area contributed by atoms with Crippen LogP contribution >= 0.6 is 0 Å². The molecule has 0 saturated heterocycles. The van der Waals surface area contributed by atoms with Gasteiger partial charge in [-0.25, -0.2) is 4.98 Å². The Labute approximate surface area is 220 Å². The highest BCUT2D eigenvalue weighted by molar-refractivity contribution is 6.10. The first-order valence-electron chi connectivity index (χ1n) is 13.2. The molecule has 1 aliphatic carbocycles. The minimum atomic E-state index is 0.988. The van der Waals surface area contributed by atoms with E-state index in [9.17, 15) is 0 Å². The monoisotopic (exact) mass is 487 g/mol. The number of aromatic nitrogens is 3. The van der Waals surface area contributed by atoms with Crippen molar-refractivity contribution in [3.8, 4) is 22.5 Å². The number of fused-ring (bicyclic) bond motifs is 6. The highest BCUT2D eigenvalue weighted by Gasteiger charge is 2.22. The zero-order valence-electron chi connectivity index (χ0n) is 20.9. The number of aryl methyl sites for hydroxylation is 1. The van der Waals surface area contributed by atoms with Crippen molar-refractivity contribution in [1.82, 2.24) is 14.1 Å². The van der Waals surface area contributed by atoms with E-state index in [2.05, 4.69) is 124 Å². The Morgan fingerprint density at radius 2 is 1.42 bits per heavy atom. The van der Waals surface area contributed by atoms with Crippen LogP contribution in [0.4, 0.5) is 0 Å². The first-order chi connectivity index (χ1) is 18.9. The fourth-order valence-corrected chi connectivity index (χ4v) is 6.24.